The van der Waals surface area contributed by atoms with Crippen LogP contribution in [0.5, 0.6) is 0 Å². The molecule has 0 spiro atoms. The summed E-state index contributed by atoms with van der Waals surface area (Å²) in [6, 6.07) is 4.32. The number of nitrogens with zero attached hydrogens (tertiary/aromatic N) is 3. The maximum atomic E-state index is 11.5. The Morgan fingerprint density at radius 1 is 1.24 bits per heavy atom. The molecule has 0 atom stereocenters. The fourth-order valence-electron chi connectivity index (χ4n) is 2.28. The lowest BCUT2D eigenvalue weighted by Gasteiger charge is -2.08. The van der Waals surface area contributed by atoms with Crippen LogP contribution in [0.1, 0.15) is 24.4 Å². The maximum Gasteiger partial charge on any atom is 0.367 e. The summed E-state index contributed by atoms with van der Waals surface area (Å²) in [7, 11) is 0.278. The van der Waals surface area contributed by atoms with E-state index in [2.05, 4.69) is 24.3 Å². The van der Waals surface area contributed by atoms with Gasteiger partial charge in [-0.2, -0.15) is 20.2 Å². The third-order valence-corrected chi connectivity index (χ3v) is 5.34. The predicted octanol–water partition coefficient (Wildman–Crippen LogP) is 0.971. The molecule has 2 N–H and O–H groups in total. The summed E-state index contributed by atoms with van der Waals surface area (Å²) >= 11 is 1.71. The number of furan rings is 1. The van der Waals surface area contributed by atoms with Crippen molar-refractivity contribution < 1.29 is 12.8 Å². The van der Waals surface area contributed by atoms with Gasteiger partial charge < -0.3 is 20.0 Å². The molecule has 1 aromatic heterocycles. The molecule has 1 saturated carbocycles. The molecule has 0 amide bonds. The quantitative estimate of drug-likeness (QED) is 0.643. The molecule has 1 fully saturated rings. The van der Waals surface area contributed by atoms with E-state index in [9.17, 15) is 8.42 Å². The summed E-state index contributed by atoms with van der Waals surface area (Å²) in [4.78, 5) is 2.06. The summed E-state index contributed by atoms with van der Waals surface area (Å²) in [5.41, 5.74) is 0. The molecular formula is C15H23N5O3S2. The summed E-state index contributed by atoms with van der Waals surface area (Å²) in [6.45, 7) is 1.40. The number of nitrogens with one attached hydrogen (secondary N) is 2. The average molecular weight is 386 g/mol. The van der Waals surface area contributed by atoms with Gasteiger partial charge in [-0.3, -0.25) is 0 Å². The summed E-state index contributed by atoms with van der Waals surface area (Å²) in [5, 5.41) is 6.15. The lowest BCUT2D eigenvalue weighted by atomic mass is 10.4. The van der Waals surface area contributed by atoms with Gasteiger partial charge in [-0.05, 0) is 39.1 Å². The van der Waals surface area contributed by atoms with Crippen LogP contribution in [0, 0.1) is 0 Å². The molecule has 1 aromatic rings. The van der Waals surface area contributed by atoms with E-state index in [1.165, 1.54) is 0 Å². The van der Waals surface area contributed by atoms with Gasteiger partial charge in [-0.25, -0.2) is 0 Å². The van der Waals surface area contributed by atoms with Crippen LogP contribution in [0.4, 0.5) is 0 Å². The molecule has 1 aliphatic carbocycles. The van der Waals surface area contributed by atoms with Crippen molar-refractivity contribution >= 4 is 33.6 Å². The van der Waals surface area contributed by atoms with Crippen molar-refractivity contribution in [1.29, 1.82) is 0 Å². The first-order valence-corrected chi connectivity index (χ1v) is 10.7. The molecule has 2 heterocycles. The molecule has 2 aliphatic rings. The van der Waals surface area contributed by atoms with Crippen LogP contribution in [0.3, 0.4) is 0 Å². The van der Waals surface area contributed by atoms with E-state index in [0.717, 1.165) is 42.4 Å². The Balaban J connectivity index is 1.39. The summed E-state index contributed by atoms with van der Waals surface area (Å²) in [6.07, 6.45) is 2.09. The van der Waals surface area contributed by atoms with Crippen molar-refractivity contribution in [3.8, 4) is 0 Å². The Morgan fingerprint density at radius 2 is 1.96 bits per heavy atom. The van der Waals surface area contributed by atoms with Crippen LogP contribution < -0.4 is 10.6 Å². The van der Waals surface area contributed by atoms with Crippen LogP contribution >= 0.6 is 11.8 Å². The SMILES string of the molecule is CN(C)Cc1ccc(CSCCNC2=NS(=O)(=O)N=C2NC2CC2)o1. The normalized spacial score (nSPS) is 19.0. The van der Waals surface area contributed by atoms with Gasteiger partial charge in [-0.1, -0.05) is 0 Å². The Labute approximate surface area is 152 Å². The molecule has 0 bridgehead atoms. The number of thioether (sulfide) groups is 1. The second-order valence-electron chi connectivity index (χ2n) is 6.33. The lowest BCUT2D eigenvalue weighted by molar-refractivity contribution is 0.344. The van der Waals surface area contributed by atoms with Crippen molar-refractivity contribution in [2.24, 2.45) is 8.80 Å². The highest BCUT2D eigenvalue weighted by Crippen LogP contribution is 2.20. The Hall–Kier alpha value is -1.52. The zero-order chi connectivity index (χ0) is 17.9. The second-order valence-corrected chi connectivity index (χ2v) is 8.70. The zero-order valence-electron chi connectivity index (χ0n) is 14.4. The molecule has 0 saturated heterocycles. The van der Waals surface area contributed by atoms with Crippen molar-refractivity contribution in [3.05, 3.63) is 23.7 Å². The molecule has 1 aliphatic heterocycles. The maximum absolute atomic E-state index is 11.5. The van der Waals surface area contributed by atoms with Crippen molar-refractivity contribution in [2.45, 2.75) is 31.2 Å². The molecule has 138 valence electrons. The zero-order valence-corrected chi connectivity index (χ0v) is 16.0. The first-order valence-electron chi connectivity index (χ1n) is 8.17. The highest BCUT2D eigenvalue weighted by atomic mass is 32.2. The van der Waals surface area contributed by atoms with E-state index >= 15 is 0 Å². The predicted molar refractivity (Wildman–Crippen MR) is 100 cm³/mol. The molecule has 25 heavy (non-hydrogen) atoms. The van der Waals surface area contributed by atoms with E-state index in [0.29, 0.717) is 24.3 Å². The van der Waals surface area contributed by atoms with Crippen LogP contribution in [0.15, 0.2) is 25.3 Å². The minimum atomic E-state index is -3.73. The van der Waals surface area contributed by atoms with E-state index in [-0.39, 0.29) is 0 Å². The largest absolute Gasteiger partial charge is 0.464 e. The van der Waals surface area contributed by atoms with E-state index < -0.39 is 10.2 Å². The van der Waals surface area contributed by atoms with Crippen molar-refractivity contribution in [1.82, 2.24) is 15.5 Å². The number of hydrogen-bond acceptors (Lipinski definition) is 7. The van der Waals surface area contributed by atoms with Gasteiger partial charge in [0.2, 0.25) is 0 Å². The van der Waals surface area contributed by atoms with Crippen LogP contribution in [-0.2, 0) is 22.5 Å². The summed E-state index contributed by atoms with van der Waals surface area (Å²) in [5.74, 6) is 4.14. The minimum absolute atomic E-state index is 0.318. The fraction of sp³-hybridized carbons (Fsp3) is 0.600. The lowest BCUT2D eigenvalue weighted by Crippen LogP contribution is -2.40. The minimum Gasteiger partial charge on any atom is -0.464 e. The number of amidine groups is 2. The summed E-state index contributed by atoms with van der Waals surface area (Å²) < 4.78 is 36.1. The Kier molecular flexibility index (Phi) is 5.70. The van der Waals surface area contributed by atoms with E-state index in [1.54, 1.807) is 11.8 Å². The van der Waals surface area contributed by atoms with Gasteiger partial charge in [0.1, 0.15) is 11.5 Å². The van der Waals surface area contributed by atoms with Crippen molar-refractivity contribution in [3.63, 3.8) is 0 Å². The number of rotatable bonds is 8. The topological polar surface area (TPSA) is 99.3 Å². The molecule has 0 unspecified atom stereocenters. The van der Waals surface area contributed by atoms with Gasteiger partial charge in [-0.15, -0.1) is 8.80 Å². The third kappa shape index (κ3) is 5.75. The van der Waals surface area contributed by atoms with E-state index in [4.69, 9.17) is 4.42 Å². The molecular weight excluding hydrogens is 362 g/mol. The fourth-order valence-corrected chi connectivity index (χ4v) is 3.82. The molecule has 0 radical (unpaired) electrons. The monoisotopic (exact) mass is 385 g/mol. The molecule has 0 aromatic carbocycles. The van der Waals surface area contributed by atoms with Gasteiger partial charge in [0.15, 0.2) is 11.7 Å². The highest BCUT2D eigenvalue weighted by molar-refractivity contribution is 7.98. The van der Waals surface area contributed by atoms with Crippen LogP contribution in [0.25, 0.3) is 0 Å². The van der Waals surface area contributed by atoms with E-state index in [1.807, 2.05) is 26.2 Å². The standard InChI is InChI=1S/C15H23N5O3S2/c1-20(2)9-12-5-6-13(23-12)10-24-8-7-16-14-15(17-11-3-4-11)19-25(21,22)18-14/h5-6,11H,3-4,7-10H2,1-2H3,(H,16,18)(H,17,19). The van der Waals surface area contributed by atoms with Gasteiger partial charge in [0.05, 0.1) is 12.3 Å². The van der Waals surface area contributed by atoms with Gasteiger partial charge in [0, 0.05) is 18.3 Å². The number of hydrogen-bond donors (Lipinski definition) is 2. The molecule has 3 rings (SSSR count). The van der Waals surface area contributed by atoms with Crippen molar-refractivity contribution in [2.75, 3.05) is 26.4 Å². The Morgan fingerprint density at radius 3 is 2.68 bits per heavy atom. The molecule has 8 nitrogen and oxygen atoms in total. The van der Waals surface area contributed by atoms with Gasteiger partial charge in [0.25, 0.3) is 0 Å². The smallest absolute Gasteiger partial charge is 0.367 e. The third-order valence-electron chi connectivity index (χ3n) is 3.53. The highest BCUT2D eigenvalue weighted by Gasteiger charge is 2.29. The van der Waals surface area contributed by atoms with Gasteiger partial charge >= 0.3 is 10.2 Å². The Bertz CT molecular complexity index is 766. The van der Waals surface area contributed by atoms with Crippen LogP contribution in [-0.4, -0.2) is 57.4 Å². The average Bonchev–Trinajstić information content (AvgIpc) is 3.14. The van der Waals surface area contributed by atoms with Crippen LogP contribution in [0.2, 0.25) is 0 Å². The first-order chi connectivity index (χ1) is 11.9. The molecule has 10 heteroatoms. The second kappa shape index (κ2) is 7.79. The first kappa shape index (κ1) is 18.3.